The fourth-order valence-corrected chi connectivity index (χ4v) is 5.39. The lowest BCUT2D eigenvalue weighted by Gasteiger charge is -2.51. The highest BCUT2D eigenvalue weighted by atomic mass is 16.8. The summed E-state index contributed by atoms with van der Waals surface area (Å²) in [7, 11) is 2.78. The number of methoxy groups -OCH3 is 2. The van der Waals surface area contributed by atoms with Crippen LogP contribution in [0.1, 0.15) is 33.1 Å². The van der Waals surface area contributed by atoms with Crippen molar-refractivity contribution < 1.29 is 33.4 Å². The monoisotopic (exact) mass is 379 g/mol. The van der Waals surface area contributed by atoms with Gasteiger partial charge in [-0.1, -0.05) is 19.9 Å². The van der Waals surface area contributed by atoms with Crippen LogP contribution in [0.15, 0.2) is 12.2 Å². The van der Waals surface area contributed by atoms with Crippen molar-refractivity contribution in [3.8, 4) is 0 Å². The number of Topliss-reactive ketones (excluding diaryl/α,β-unsaturated/α-hetero) is 2. The number of nitrogens with zero attached hydrogens (tertiary/aromatic N) is 1. The maximum atomic E-state index is 13.7. The van der Waals surface area contributed by atoms with Crippen molar-refractivity contribution in [2.75, 3.05) is 21.0 Å². The molecule has 27 heavy (non-hydrogen) atoms. The molecule has 4 bridgehead atoms. The Hall–Kier alpha value is -1.61. The van der Waals surface area contributed by atoms with E-state index in [2.05, 4.69) is 0 Å². The number of fused-ring (bicyclic) bond motifs is 4. The third-order valence-corrected chi connectivity index (χ3v) is 7.10. The molecular weight excluding hydrogens is 354 g/mol. The Bertz CT molecular complexity index is 732. The summed E-state index contributed by atoms with van der Waals surface area (Å²) in [5.41, 5.74) is -1.59. The van der Waals surface area contributed by atoms with Gasteiger partial charge in [-0.3, -0.25) is 19.2 Å². The lowest BCUT2D eigenvalue weighted by atomic mass is 9.67. The van der Waals surface area contributed by atoms with Crippen LogP contribution in [0.25, 0.3) is 0 Å². The number of hydrogen-bond acceptors (Lipinski definition) is 7. The minimum absolute atomic E-state index is 0.0464. The first-order valence-corrected chi connectivity index (χ1v) is 9.20. The van der Waals surface area contributed by atoms with Gasteiger partial charge < -0.3 is 14.2 Å². The van der Waals surface area contributed by atoms with Gasteiger partial charge >= 0.3 is 0 Å². The van der Waals surface area contributed by atoms with Gasteiger partial charge in [-0.25, -0.2) is 5.06 Å². The molecule has 1 unspecified atom stereocenters. The van der Waals surface area contributed by atoms with Crippen LogP contribution in [0.2, 0.25) is 0 Å². The molecular formula is C19H25NO7. The summed E-state index contributed by atoms with van der Waals surface area (Å²) in [4.78, 5) is 45.0. The largest absolute Gasteiger partial charge is 0.359 e. The van der Waals surface area contributed by atoms with Crippen LogP contribution in [0.4, 0.5) is 0 Å². The minimum Gasteiger partial charge on any atom is -0.359 e. The Labute approximate surface area is 157 Å². The topological polar surface area (TPSA) is 91.4 Å². The lowest BCUT2D eigenvalue weighted by molar-refractivity contribution is -0.330. The SMILES string of the molecule is COCOC1(OC)C(=O)[C@@H]2C=C[C@H]1N(C(=O)[C@@]13CC[C@@H](CC1=O)C3(C)C)O2. The molecule has 0 N–H and O–H groups in total. The Kier molecular flexibility index (Phi) is 4.12. The smallest absolute Gasteiger partial charge is 0.261 e. The molecule has 1 amide bonds. The number of rotatable bonds is 5. The van der Waals surface area contributed by atoms with Crippen LogP contribution in [-0.4, -0.2) is 61.5 Å². The van der Waals surface area contributed by atoms with E-state index in [1.54, 1.807) is 12.2 Å². The Morgan fingerprint density at radius 1 is 1.30 bits per heavy atom. The van der Waals surface area contributed by atoms with E-state index < -0.39 is 40.5 Å². The molecule has 8 heteroatoms. The van der Waals surface area contributed by atoms with E-state index in [1.807, 2.05) is 13.8 Å². The number of hydroxylamine groups is 2. The van der Waals surface area contributed by atoms with Crippen molar-refractivity contribution >= 4 is 17.5 Å². The van der Waals surface area contributed by atoms with Crippen LogP contribution in [0.5, 0.6) is 0 Å². The summed E-state index contributed by atoms with van der Waals surface area (Å²) in [5, 5.41) is 1.14. The van der Waals surface area contributed by atoms with Crippen LogP contribution in [0, 0.1) is 16.7 Å². The fourth-order valence-electron chi connectivity index (χ4n) is 5.39. The zero-order valence-electron chi connectivity index (χ0n) is 16.0. The van der Waals surface area contributed by atoms with Gasteiger partial charge in [-0.15, -0.1) is 0 Å². The van der Waals surface area contributed by atoms with E-state index in [4.69, 9.17) is 19.0 Å². The van der Waals surface area contributed by atoms with Gasteiger partial charge in [0.25, 0.3) is 11.7 Å². The molecule has 3 fully saturated rings. The summed E-state index contributed by atoms with van der Waals surface area (Å²) in [5.74, 6) is -2.42. The van der Waals surface area contributed by atoms with E-state index in [1.165, 1.54) is 14.2 Å². The molecule has 5 atom stereocenters. The predicted octanol–water partition coefficient (Wildman–Crippen LogP) is 0.995. The molecule has 5 aliphatic rings. The number of hydrogen-bond donors (Lipinski definition) is 0. The molecule has 8 nitrogen and oxygen atoms in total. The molecule has 2 heterocycles. The summed E-state index contributed by atoms with van der Waals surface area (Å²) in [6, 6.07) is -0.930. The van der Waals surface area contributed by atoms with Gasteiger partial charge in [-0.2, -0.15) is 0 Å². The summed E-state index contributed by atoms with van der Waals surface area (Å²) >= 11 is 0. The normalized spacial score (nSPS) is 41.6. The highest BCUT2D eigenvalue weighted by Gasteiger charge is 2.71. The van der Waals surface area contributed by atoms with E-state index in [-0.39, 0.29) is 18.5 Å². The Balaban J connectivity index is 1.73. The van der Waals surface area contributed by atoms with Crippen LogP contribution in [0.3, 0.4) is 0 Å². The van der Waals surface area contributed by atoms with Gasteiger partial charge in [-0.05, 0) is 30.3 Å². The highest BCUT2D eigenvalue weighted by Crippen LogP contribution is 2.65. The number of carbonyl (C=O) groups is 3. The third kappa shape index (κ3) is 2.10. The van der Waals surface area contributed by atoms with Gasteiger partial charge in [0, 0.05) is 20.6 Å². The Morgan fingerprint density at radius 3 is 2.59 bits per heavy atom. The third-order valence-electron chi connectivity index (χ3n) is 7.10. The van der Waals surface area contributed by atoms with Crippen molar-refractivity contribution in [1.29, 1.82) is 0 Å². The summed E-state index contributed by atoms with van der Waals surface area (Å²) in [6.07, 6.45) is 3.98. The van der Waals surface area contributed by atoms with E-state index in [0.717, 1.165) is 11.5 Å². The van der Waals surface area contributed by atoms with Crippen molar-refractivity contribution in [3.05, 3.63) is 12.2 Å². The van der Waals surface area contributed by atoms with Crippen molar-refractivity contribution in [2.24, 2.45) is 16.7 Å². The molecule has 2 saturated carbocycles. The van der Waals surface area contributed by atoms with Gasteiger partial charge in [0.05, 0.1) is 0 Å². The van der Waals surface area contributed by atoms with Crippen molar-refractivity contribution in [3.63, 3.8) is 0 Å². The molecule has 148 valence electrons. The summed E-state index contributed by atoms with van der Waals surface area (Å²) in [6.45, 7) is 3.76. The molecule has 3 aliphatic carbocycles. The number of ether oxygens (including phenoxy) is 3. The fraction of sp³-hybridized carbons (Fsp3) is 0.737. The first-order valence-electron chi connectivity index (χ1n) is 9.20. The standard InChI is InChI=1S/C19H25NO7/c1-17(2)11-7-8-18(17,14(21)9-11)16(23)20-13-6-5-12(27-20)15(22)19(13,25-4)26-10-24-3/h5-6,11-13H,7-10H2,1-4H3/t11-,12-,13+,18+,19?/m0/s1. The zero-order chi connectivity index (χ0) is 19.6. The second kappa shape index (κ2) is 5.94. The van der Waals surface area contributed by atoms with Crippen LogP contribution in [-0.2, 0) is 33.4 Å². The average Bonchev–Trinajstić information content (AvgIpc) is 3.03. The van der Waals surface area contributed by atoms with Gasteiger partial charge in [0.2, 0.25) is 5.78 Å². The van der Waals surface area contributed by atoms with Crippen LogP contribution < -0.4 is 0 Å². The maximum Gasteiger partial charge on any atom is 0.261 e. The molecule has 0 radical (unpaired) electrons. The van der Waals surface area contributed by atoms with Gasteiger partial charge in [0.1, 0.15) is 24.0 Å². The van der Waals surface area contributed by atoms with E-state index in [9.17, 15) is 14.4 Å². The molecule has 1 saturated heterocycles. The Morgan fingerprint density at radius 2 is 2.04 bits per heavy atom. The number of ketones is 2. The maximum absolute atomic E-state index is 13.7. The molecule has 2 aliphatic heterocycles. The number of carbonyl (C=O) groups excluding carboxylic acids is 3. The molecule has 0 aromatic carbocycles. The molecule has 5 rings (SSSR count). The predicted molar refractivity (Wildman–Crippen MR) is 90.9 cm³/mol. The molecule has 0 spiro atoms. The lowest BCUT2D eigenvalue weighted by Crippen LogP contribution is -2.72. The minimum atomic E-state index is -1.72. The first-order chi connectivity index (χ1) is 12.8. The summed E-state index contributed by atoms with van der Waals surface area (Å²) < 4.78 is 16.0. The van der Waals surface area contributed by atoms with Crippen molar-refractivity contribution in [2.45, 2.75) is 51.0 Å². The number of amides is 1. The van der Waals surface area contributed by atoms with E-state index >= 15 is 0 Å². The average molecular weight is 379 g/mol. The quantitative estimate of drug-likeness (QED) is 0.400. The van der Waals surface area contributed by atoms with E-state index in [0.29, 0.717) is 12.8 Å². The first kappa shape index (κ1) is 18.7. The molecule has 0 aromatic heterocycles. The van der Waals surface area contributed by atoms with Gasteiger partial charge in [0.15, 0.2) is 6.10 Å². The van der Waals surface area contributed by atoms with Crippen molar-refractivity contribution in [1.82, 2.24) is 5.06 Å². The van der Waals surface area contributed by atoms with Crippen LogP contribution >= 0.6 is 0 Å². The second-order valence-corrected chi connectivity index (χ2v) is 8.26. The highest BCUT2D eigenvalue weighted by molar-refractivity contribution is 6.10. The zero-order valence-corrected chi connectivity index (χ0v) is 16.0. The molecule has 0 aromatic rings. The second-order valence-electron chi connectivity index (χ2n) is 8.26.